The maximum atomic E-state index is 12.5. The number of nitrogens with zero attached hydrogens (tertiary/aromatic N) is 3. The number of likely N-dealkylation sites (N-methyl/N-ethyl adjacent to an activating group) is 1. The van der Waals surface area contributed by atoms with Crippen molar-refractivity contribution in [3.63, 3.8) is 0 Å². The molecule has 0 aliphatic carbocycles. The summed E-state index contributed by atoms with van der Waals surface area (Å²) in [5.41, 5.74) is 3.35. The first-order valence-corrected chi connectivity index (χ1v) is 9.17. The van der Waals surface area contributed by atoms with E-state index in [9.17, 15) is 9.59 Å². The number of rotatable bonds is 3. The van der Waals surface area contributed by atoms with Crippen LogP contribution in [0.4, 0.5) is 4.79 Å². The van der Waals surface area contributed by atoms with Gasteiger partial charge in [0.15, 0.2) is 0 Å². The van der Waals surface area contributed by atoms with Crippen molar-refractivity contribution in [3.8, 4) is 6.07 Å². The number of hydrogen-bond donors (Lipinski definition) is 2. The lowest BCUT2D eigenvalue weighted by atomic mass is 10.0. The van der Waals surface area contributed by atoms with Crippen molar-refractivity contribution in [1.82, 2.24) is 20.1 Å². The van der Waals surface area contributed by atoms with Crippen LogP contribution in [0.25, 0.3) is 10.9 Å². The van der Waals surface area contributed by atoms with Crippen LogP contribution in [0.5, 0.6) is 0 Å². The number of aryl methyl sites for hydroxylation is 1. The highest BCUT2D eigenvalue weighted by Gasteiger charge is 2.27. The number of urea groups is 1. The van der Waals surface area contributed by atoms with E-state index in [0.717, 1.165) is 41.5 Å². The van der Waals surface area contributed by atoms with Crippen LogP contribution in [0.2, 0.25) is 0 Å². The number of nitriles is 1. The molecular weight excluding hydrogens is 342 g/mol. The van der Waals surface area contributed by atoms with Crippen molar-refractivity contribution in [2.45, 2.75) is 39.3 Å². The van der Waals surface area contributed by atoms with E-state index in [1.165, 1.54) is 0 Å². The smallest absolute Gasteiger partial charge is 0.317 e. The van der Waals surface area contributed by atoms with Gasteiger partial charge in [0.1, 0.15) is 0 Å². The van der Waals surface area contributed by atoms with E-state index in [4.69, 9.17) is 5.26 Å². The van der Waals surface area contributed by atoms with Crippen LogP contribution >= 0.6 is 0 Å². The number of aromatic amines is 1. The van der Waals surface area contributed by atoms with Gasteiger partial charge >= 0.3 is 6.03 Å². The number of aromatic nitrogens is 1. The molecule has 0 spiro atoms. The van der Waals surface area contributed by atoms with E-state index in [1.807, 2.05) is 25.1 Å². The van der Waals surface area contributed by atoms with E-state index in [2.05, 4.69) is 16.4 Å². The Morgan fingerprint density at radius 3 is 2.89 bits per heavy atom. The van der Waals surface area contributed by atoms with Gasteiger partial charge in [-0.05, 0) is 43.5 Å². The van der Waals surface area contributed by atoms with Crippen molar-refractivity contribution < 1.29 is 9.59 Å². The van der Waals surface area contributed by atoms with Gasteiger partial charge < -0.3 is 20.1 Å². The van der Waals surface area contributed by atoms with E-state index in [0.29, 0.717) is 18.7 Å². The monoisotopic (exact) mass is 367 g/mol. The third-order valence-corrected chi connectivity index (χ3v) is 5.28. The molecule has 0 unspecified atom stereocenters. The molecule has 0 radical (unpaired) electrons. The van der Waals surface area contributed by atoms with E-state index in [1.54, 1.807) is 23.8 Å². The summed E-state index contributed by atoms with van der Waals surface area (Å²) in [7, 11) is 1.78. The maximum Gasteiger partial charge on any atom is 0.317 e. The second-order valence-corrected chi connectivity index (χ2v) is 7.19. The van der Waals surface area contributed by atoms with Gasteiger partial charge in [-0.25, -0.2) is 4.79 Å². The van der Waals surface area contributed by atoms with Crippen molar-refractivity contribution in [2.75, 3.05) is 20.1 Å². The van der Waals surface area contributed by atoms with Crippen molar-refractivity contribution >= 4 is 22.8 Å². The first-order valence-electron chi connectivity index (χ1n) is 9.17. The van der Waals surface area contributed by atoms with Crippen LogP contribution in [0.1, 0.15) is 36.6 Å². The third kappa shape index (κ3) is 4.05. The number of fused-ring (bicyclic) bond motifs is 1. The van der Waals surface area contributed by atoms with Crippen LogP contribution in [0.3, 0.4) is 0 Å². The minimum absolute atomic E-state index is 0.0335. The van der Waals surface area contributed by atoms with Gasteiger partial charge in [0.05, 0.1) is 24.2 Å². The number of carbonyl (C=O) groups is 2. The molecule has 3 amide bonds. The van der Waals surface area contributed by atoms with E-state index in [-0.39, 0.29) is 18.0 Å². The Kier molecular flexibility index (Phi) is 5.36. The molecular formula is C20H25N5O2. The quantitative estimate of drug-likeness (QED) is 0.873. The first kappa shape index (κ1) is 18.8. The Morgan fingerprint density at radius 2 is 2.19 bits per heavy atom. The maximum absolute atomic E-state index is 12.5. The number of benzene rings is 1. The van der Waals surface area contributed by atoms with Gasteiger partial charge in [-0.2, -0.15) is 5.26 Å². The van der Waals surface area contributed by atoms with Gasteiger partial charge in [0.25, 0.3) is 0 Å². The Bertz CT molecular complexity index is 911. The zero-order valence-electron chi connectivity index (χ0n) is 16.0. The number of H-pyrrole nitrogens is 1. The fourth-order valence-corrected chi connectivity index (χ4v) is 3.59. The molecule has 2 heterocycles. The molecule has 1 atom stereocenters. The summed E-state index contributed by atoms with van der Waals surface area (Å²) in [6.45, 7) is 5.21. The molecule has 1 aliphatic rings. The number of nitrogens with one attached hydrogen (secondary N) is 2. The zero-order valence-corrected chi connectivity index (χ0v) is 16.0. The molecule has 1 aromatic carbocycles. The van der Waals surface area contributed by atoms with Crippen molar-refractivity contribution in [3.05, 3.63) is 35.0 Å². The largest absolute Gasteiger partial charge is 0.357 e. The molecule has 1 fully saturated rings. The Morgan fingerprint density at radius 1 is 1.41 bits per heavy atom. The molecule has 142 valence electrons. The molecule has 7 nitrogen and oxygen atoms in total. The Labute approximate surface area is 158 Å². The summed E-state index contributed by atoms with van der Waals surface area (Å²) in [4.78, 5) is 30.8. The average Bonchev–Trinajstić information content (AvgIpc) is 3.06. The molecule has 27 heavy (non-hydrogen) atoms. The normalized spacial score (nSPS) is 16.8. The van der Waals surface area contributed by atoms with Crippen molar-refractivity contribution in [2.24, 2.45) is 0 Å². The van der Waals surface area contributed by atoms with Gasteiger partial charge in [0, 0.05) is 43.7 Å². The number of likely N-dealkylation sites (tertiary alicyclic amines) is 1. The molecule has 1 aromatic heterocycles. The lowest BCUT2D eigenvalue weighted by Gasteiger charge is -2.37. The second-order valence-electron chi connectivity index (χ2n) is 7.19. The molecule has 2 aromatic rings. The summed E-state index contributed by atoms with van der Waals surface area (Å²) in [5, 5.41) is 13.1. The van der Waals surface area contributed by atoms with Crippen LogP contribution in [-0.2, 0) is 11.3 Å². The first-order chi connectivity index (χ1) is 12.9. The molecule has 1 aliphatic heterocycles. The van der Waals surface area contributed by atoms with Crippen LogP contribution in [0, 0.1) is 18.3 Å². The second kappa shape index (κ2) is 7.70. The minimum atomic E-state index is -0.155. The lowest BCUT2D eigenvalue weighted by Crippen LogP contribution is -2.52. The van der Waals surface area contributed by atoms with Gasteiger partial charge in [-0.15, -0.1) is 0 Å². The molecule has 0 bridgehead atoms. The van der Waals surface area contributed by atoms with Crippen molar-refractivity contribution in [1.29, 1.82) is 5.26 Å². The fourth-order valence-electron chi connectivity index (χ4n) is 3.59. The fraction of sp³-hybridized carbons (Fsp3) is 0.450. The van der Waals surface area contributed by atoms with Gasteiger partial charge in [0.2, 0.25) is 5.91 Å². The lowest BCUT2D eigenvalue weighted by molar-refractivity contribution is -0.130. The summed E-state index contributed by atoms with van der Waals surface area (Å²) in [6, 6.07) is 7.86. The summed E-state index contributed by atoms with van der Waals surface area (Å²) in [6.07, 6.45) is 1.81. The topological polar surface area (TPSA) is 92.2 Å². The van der Waals surface area contributed by atoms with Crippen LogP contribution < -0.4 is 5.32 Å². The van der Waals surface area contributed by atoms with Crippen LogP contribution in [-0.4, -0.2) is 52.9 Å². The standard InChI is InChI=1S/C20H25N5O2/c1-13-7-15-8-17(23-19(15)9-16(13)10-21)11-22-20(27)24(3)18-5-4-6-25(12-18)14(2)26/h7-9,18,23H,4-6,11-12H2,1-3H3,(H,22,27)/t18-/m1/s1. The highest BCUT2D eigenvalue weighted by Crippen LogP contribution is 2.20. The summed E-state index contributed by atoms with van der Waals surface area (Å²) < 4.78 is 0. The van der Waals surface area contributed by atoms with Gasteiger partial charge in [-0.1, -0.05) is 0 Å². The summed E-state index contributed by atoms with van der Waals surface area (Å²) in [5.74, 6) is 0.0543. The highest BCUT2D eigenvalue weighted by atomic mass is 16.2. The Hall–Kier alpha value is -3.01. The predicted molar refractivity (Wildman–Crippen MR) is 103 cm³/mol. The minimum Gasteiger partial charge on any atom is -0.357 e. The van der Waals surface area contributed by atoms with E-state index < -0.39 is 0 Å². The molecule has 3 rings (SSSR count). The highest BCUT2D eigenvalue weighted by molar-refractivity contribution is 5.83. The predicted octanol–water partition coefficient (Wildman–Crippen LogP) is 2.50. The number of piperidine rings is 1. The number of carbonyl (C=O) groups excluding carboxylic acids is 2. The van der Waals surface area contributed by atoms with Gasteiger partial charge in [-0.3, -0.25) is 4.79 Å². The molecule has 2 N–H and O–H groups in total. The molecule has 1 saturated heterocycles. The SMILES string of the molecule is CC(=O)N1CCC[C@@H](N(C)C(=O)NCc2cc3cc(C)c(C#N)cc3[nH]2)C1. The summed E-state index contributed by atoms with van der Waals surface area (Å²) >= 11 is 0. The Balaban J connectivity index is 1.62. The number of amides is 3. The zero-order chi connectivity index (χ0) is 19.6. The molecule has 7 heteroatoms. The number of hydrogen-bond acceptors (Lipinski definition) is 3. The average molecular weight is 367 g/mol. The molecule has 0 saturated carbocycles. The van der Waals surface area contributed by atoms with Crippen LogP contribution in [0.15, 0.2) is 18.2 Å². The third-order valence-electron chi connectivity index (χ3n) is 5.28. The van der Waals surface area contributed by atoms with E-state index >= 15 is 0 Å².